The van der Waals surface area contributed by atoms with Crippen molar-refractivity contribution in [2.45, 2.75) is 6.92 Å². The van der Waals surface area contributed by atoms with E-state index >= 15 is 0 Å². The van der Waals surface area contributed by atoms with E-state index in [1.807, 2.05) is 0 Å². The molecule has 1 N–H and O–H groups in total. The molecule has 27 heavy (non-hydrogen) atoms. The first-order valence-electron chi connectivity index (χ1n) is 7.33. The van der Waals surface area contributed by atoms with Gasteiger partial charge in [-0.25, -0.2) is 19.0 Å². The summed E-state index contributed by atoms with van der Waals surface area (Å²) in [6, 6.07) is 2.39. The molecule has 0 spiro atoms. The molecule has 2 rings (SSSR count). The fourth-order valence-electron chi connectivity index (χ4n) is 2.12. The van der Waals surface area contributed by atoms with Crippen molar-refractivity contribution in [3.63, 3.8) is 0 Å². The summed E-state index contributed by atoms with van der Waals surface area (Å²) in [5, 5.41) is 11.4. The van der Waals surface area contributed by atoms with Crippen LogP contribution in [0.1, 0.15) is 17.3 Å². The molecule has 0 aliphatic heterocycles. The largest absolute Gasteiger partial charge is 0.456 e. The van der Waals surface area contributed by atoms with Gasteiger partial charge in [0.05, 0.1) is 27.0 Å². The van der Waals surface area contributed by atoms with Crippen LogP contribution < -0.4 is 11.4 Å². The molecule has 0 radical (unpaired) electrons. The Balaban J connectivity index is 2.68. The number of hydrogen-bond donors (Lipinski definition) is 1. The zero-order chi connectivity index (χ0) is 20.5. The maximum absolute atomic E-state index is 12.5. The molecule has 1 aromatic heterocycles. The van der Waals surface area contributed by atoms with Gasteiger partial charge in [-0.05, 0) is 31.3 Å². The molecule has 0 saturated carbocycles. The van der Waals surface area contributed by atoms with E-state index in [0.717, 1.165) is 13.7 Å². The third-order valence-corrected chi connectivity index (χ3v) is 4.77. The van der Waals surface area contributed by atoms with Crippen molar-refractivity contribution in [2.24, 2.45) is 19.3 Å². The minimum Gasteiger partial charge on any atom is -0.456 e. The summed E-state index contributed by atoms with van der Waals surface area (Å²) in [5.74, 6) is -0.852. The first kappa shape index (κ1) is 20.9. The van der Waals surface area contributed by atoms with Gasteiger partial charge in [-0.2, -0.15) is 0 Å². The van der Waals surface area contributed by atoms with Crippen molar-refractivity contribution >= 4 is 47.1 Å². The van der Waals surface area contributed by atoms with Crippen LogP contribution in [-0.4, -0.2) is 37.2 Å². The number of rotatable bonds is 4. The average Bonchev–Trinajstić information content (AvgIpc) is 2.64. The Morgan fingerprint density at radius 2 is 1.74 bits per heavy atom. The van der Waals surface area contributed by atoms with Crippen LogP contribution >= 0.6 is 35.4 Å². The number of carbonyl (C=O) groups excluding carboxylic acids is 1. The molecule has 144 valence electrons. The number of carbonyl (C=O) groups is 1. The summed E-state index contributed by atoms with van der Waals surface area (Å²) in [4.78, 5) is 37.3. The monoisotopic (exact) mass is 432 g/mol. The van der Waals surface area contributed by atoms with Crippen molar-refractivity contribution in [3.8, 4) is 5.69 Å². The van der Waals surface area contributed by atoms with E-state index in [1.165, 1.54) is 33.2 Å². The van der Waals surface area contributed by atoms with Gasteiger partial charge in [-0.3, -0.25) is 9.13 Å². The minimum absolute atomic E-state index is 0.0183. The Morgan fingerprint density at radius 1 is 1.19 bits per heavy atom. The second-order valence-electron chi connectivity index (χ2n) is 5.50. The van der Waals surface area contributed by atoms with Crippen LogP contribution in [0.3, 0.4) is 0 Å². The third-order valence-electron chi connectivity index (χ3n) is 3.61. The second kappa shape index (κ2) is 8.07. The lowest BCUT2D eigenvalue weighted by Gasteiger charge is -2.13. The number of aromatic nitrogens is 3. The number of nitrogens with zero attached hydrogens (tertiary/aromatic N) is 4. The van der Waals surface area contributed by atoms with Gasteiger partial charge in [0.2, 0.25) is 0 Å². The molecular weight excluding hydrogens is 419 g/mol. The number of benzene rings is 1. The van der Waals surface area contributed by atoms with Crippen LogP contribution in [0.25, 0.3) is 5.69 Å². The fraction of sp³-hybridized carbons (Fsp3) is 0.267. The van der Waals surface area contributed by atoms with Gasteiger partial charge in [0.1, 0.15) is 6.61 Å². The summed E-state index contributed by atoms with van der Waals surface area (Å²) < 4.78 is 7.93. The summed E-state index contributed by atoms with van der Waals surface area (Å²) in [6.45, 7) is 1.17. The predicted octanol–water partition coefficient (Wildman–Crippen LogP) is 1.92. The van der Waals surface area contributed by atoms with Gasteiger partial charge in [0.25, 0.3) is 0 Å². The Hall–Kier alpha value is -2.43. The van der Waals surface area contributed by atoms with E-state index in [2.05, 4.69) is 5.16 Å². The lowest BCUT2D eigenvalue weighted by Crippen LogP contribution is -2.43. The first-order valence-corrected chi connectivity index (χ1v) is 8.49. The summed E-state index contributed by atoms with van der Waals surface area (Å²) >= 11 is 17.2. The van der Waals surface area contributed by atoms with Crippen molar-refractivity contribution in [1.29, 1.82) is 0 Å². The van der Waals surface area contributed by atoms with E-state index in [0.29, 0.717) is 0 Å². The summed E-state index contributed by atoms with van der Waals surface area (Å²) in [6.07, 6.45) is 0. The quantitative estimate of drug-likeness (QED) is 0.260. The zero-order valence-electron chi connectivity index (χ0n) is 14.4. The van der Waals surface area contributed by atoms with Crippen molar-refractivity contribution in [2.75, 3.05) is 6.61 Å². The highest BCUT2D eigenvalue weighted by molar-refractivity contribution is 7.71. The van der Waals surface area contributed by atoms with Gasteiger partial charge in [-0.1, -0.05) is 28.4 Å². The molecule has 0 aliphatic carbocycles. The van der Waals surface area contributed by atoms with Crippen molar-refractivity contribution in [1.82, 2.24) is 13.7 Å². The lowest BCUT2D eigenvalue weighted by atomic mass is 10.2. The number of esters is 1. The molecule has 0 amide bonds. The van der Waals surface area contributed by atoms with Gasteiger partial charge in [-0.15, -0.1) is 0 Å². The van der Waals surface area contributed by atoms with E-state index in [9.17, 15) is 14.4 Å². The van der Waals surface area contributed by atoms with Gasteiger partial charge in [0, 0.05) is 14.1 Å². The number of hydrogen-bond acceptors (Lipinski definition) is 7. The predicted molar refractivity (Wildman–Crippen MR) is 102 cm³/mol. The normalized spacial score (nSPS) is 11.5. The molecule has 0 aliphatic rings. The topological polar surface area (TPSA) is 108 Å². The van der Waals surface area contributed by atoms with E-state index in [-0.39, 0.29) is 38.4 Å². The molecule has 0 bridgehead atoms. The fourth-order valence-corrected chi connectivity index (χ4v) is 2.82. The summed E-state index contributed by atoms with van der Waals surface area (Å²) in [5.41, 5.74) is -1.51. The molecule has 0 saturated heterocycles. The highest BCUT2D eigenvalue weighted by Gasteiger charge is 2.20. The first-order chi connectivity index (χ1) is 12.6. The van der Waals surface area contributed by atoms with Crippen LogP contribution in [-0.2, 0) is 18.8 Å². The SMILES string of the molecule is CC(COC(=O)c1cc(-n2c(=O)n(C)c(=S)n(C)c2=O)c(Cl)cc1Cl)=NO. The molecule has 0 unspecified atom stereocenters. The van der Waals surface area contributed by atoms with Gasteiger partial charge in [0.15, 0.2) is 4.77 Å². The highest BCUT2D eigenvalue weighted by Crippen LogP contribution is 2.27. The maximum Gasteiger partial charge on any atom is 0.340 e. The van der Waals surface area contributed by atoms with Crippen LogP contribution in [0.15, 0.2) is 26.9 Å². The zero-order valence-corrected chi connectivity index (χ0v) is 16.7. The second-order valence-corrected chi connectivity index (χ2v) is 6.68. The molecular formula is C15H14Cl2N4O5S. The van der Waals surface area contributed by atoms with E-state index in [4.69, 9.17) is 45.4 Å². The molecule has 1 heterocycles. The standard InChI is InChI=1S/C15H14Cl2N4O5S/c1-7(18-25)6-26-12(22)8-4-11(10(17)5-9(8)16)21-13(23)19(2)15(27)20(3)14(21)24/h4-5,25H,6H2,1-3H3. The molecule has 0 fully saturated rings. The smallest absolute Gasteiger partial charge is 0.340 e. The molecule has 9 nitrogen and oxygen atoms in total. The van der Waals surface area contributed by atoms with Crippen molar-refractivity contribution < 1.29 is 14.7 Å². The number of halogens is 2. The third kappa shape index (κ3) is 3.97. The minimum atomic E-state index is -0.852. The van der Waals surface area contributed by atoms with Gasteiger partial charge >= 0.3 is 17.3 Å². The Morgan fingerprint density at radius 3 is 2.26 bits per heavy atom. The molecule has 0 atom stereocenters. The highest BCUT2D eigenvalue weighted by atomic mass is 35.5. The number of oxime groups is 1. The van der Waals surface area contributed by atoms with E-state index < -0.39 is 17.3 Å². The van der Waals surface area contributed by atoms with Gasteiger partial charge < -0.3 is 9.94 Å². The van der Waals surface area contributed by atoms with Crippen LogP contribution in [0.2, 0.25) is 10.0 Å². The molecule has 1 aromatic carbocycles. The Kier molecular flexibility index (Phi) is 6.24. The Labute approximate surface area is 167 Å². The van der Waals surface area contributed by atoms with Crippen LogP contribution in [0, 0.1) is 4.77 Å². The molecule has 2 aromatic rings. The number of ether oxygens (including phenoxy) is 1. The molecule has 12 heteroatoms. The van der Waals surface area contributed by atoms with E-state index in [1.54, 1.807) is 0 Å². The average molecular weight is 433 g/mol. The van der Waals surface area contributed by atoms with Crippen LogP contribution in [0.5, 0.6) is 0 Å². The lowest BCUT2D eigenvalue weighted by molar-refractivity contribution is 0.0561. The van der Waals surface area contributed by atoms with Crippen molar-refractivity contribution in [3.05, 3.63) is 53.5 Å². The maximum atomic E-state index is 12.5. The van der Waals surface area contributed by atoms with Crippen LogP contribution in [0.4, 0.5) is 0 Å². The Bertz CT molecular complexity index is 1090. The summed E-state index contributed by atoms with van der Waals surface area (Å²) in [7, 11) is 2.80.